The molecule has 0 aliphatic heterocycles. The minimum absolute atomic E-state index is 0.0448. The number of nitrogens with one attached hydrogen (secondary N) is 1. The van der Waals surface area contributed by atoms with Gasteiger partial charge < -0.3 is 5.73 Å². The van der Waals surface area contributed by atoms with Gasteiger partial charge in [0.25, 0.3) is 10.0 Å². The number of para-hydroxylation sites is 1. The van der Waals surface area contributed by atoms with Gasteiger partial charge in [0.2, 0.25) is 10.0 Å². The molecule has 0 saturated heterocycles. The van der Waals surface area contributed by atoms with Crippen LogP contribution in [0.25, 0.3) is 0 Å². The fourth-order valence-corrected chi connectivity index (χ4v) is 3.66. The summed E-state index contributed by atoms with van der Waals surface area (Å²) in [7, 11) is -7.84. The normalized spacial score (nSPS) is 12.8. The number of hydrogen-bond acceptors (Lipinski definition) is 5. The lowest BCUT2D eigenvalue weighted by Crippen LogP contribution is -2.16. The molecule has 0 aliphatic carbocycles. The highest BCUT2D eigenvalue weighted by Gasteiger charge is 2.19. The number of hydrogen-bond donors (Lipinski definition) is 3. The van der Waals surface area contributed by atoms with E-state index in [0.29, 0.717) is 0 Å². The summed E-state index contributed by atoms with van der Waals surface area (Å²) in [5.41, 5.74) is 5.86. The van der Waals surface area contributed by atoms with Crippen LogP contribution in [0.5, 0.6) is 0 Å². The zero-order valence-corrected chi connectivity index (χ0v) is 15.1. The number of halogens is 1. The van der Waals surface area contributed by atoms with Gasteiger partial charge in [-0.05, 0) is 36.4 Å². The highest BCUT2D eigenvalue weighted by atomic mass is 35.5. The van der Waals surface area contributed by atoms with E-state index in [2.05, 4.69) is 9.71 Å². The topological polar surface area (TPSA) is 145 Å². The molecule has 0 fully saturated rings. The highest BCUT2D eigenvalue weighted by molar-refractivity contribution is 7.93. The predicted molar refractivity (Wildman–Crippen MR) is 97.1 cm³/mol. The van der Waals surface area contributed by atoms with E-state index in [9.17, 15) is 16.8 Å². The number of nitrogens with zero attached hydrogens (tertiary/aromatic N) is 1. The molecule has 2 rings (SSSR count). The number of anilines is 1. The first-order valence-electron chi connectivity index (χ1n) is 6.77. The highest BCUT2D eigenvalue weighted by Crippen LogP contribution is 2.26. The zero-order valence-electron chi connectivity index (χ0n) is 12.8. The van der Waals surface area contributed by atoms with Crippen molar-refractivity contribution in [1.29, 1.82) is 0 Å². The van der Waals surface area contributed by atoms with Crippen molar-refractivity contribution in [2.24, 2.45) is 15.9 Å². The summed E-state index contributed by atoms with van der Waals surface area (Å²) in [4.78, 5) is 3.75. The molecule has 25 heavy (non-hydrogen) atoms. The smallest absolute Gasteiger partial charge is 0.264 e. The summed E-state index contributed by atoms with van der Waals surface area (Å²) in [6, 6.07) is 11.0. The minimum atomic E-state index is -3.98. The van der Waals surface area contributed by atoms with Gasteiger partial charge in [0, 0.05) is 5.69 Å². The number of amidine groups is 1. The van der Waals surface area contributed by atoms with Crippen LogP contribution in [-0.4, -0.2) is 28.6 Å². The molecule has 2 aromatic carbocycles. The van der Waals surface area contributed by atoms with Crippen molar-refractivity contribution in [3.63, 3.8) is 0 Å². The van der Waals surface area contributed by atoms with Crippen LogP contribution in [0.15, 0.2) is 63.3 Å². The van der Waals surface area contributed by atoms with Crippen LogP contribution in [0.3, 0.4) is 0 Å². The lowest BCUT2D eigenvalue weighted by molar-refractivity contribution is 0.597. The standard InChI is InChI=1S/C14H15ClN4O4S2/c15-9-14(16)18-12-3-1-2-4-13(12)25(22,23)19-10-5-7-11(8-6-10)24(17,20)21/h1-8,19H,9H2,(H2,16,18)(H2,17,20,21). The Morgan fingerprint density at radius 2 is 1.64 bits per heavy atom. The number of alkyl halides is 1. The van der Waals surface area contributed by atoms with Crippen molar-refractivity contribution in [3.05, 3.63) is 48.5 Å². The second-order valence-corrected chi connectivity index (χ2v) is 8.36. The molecule has 134 valence electrons. The number of aliphatic imine (C=N–C) groups is 1. The Labute approximate surface area is 150 Å². The third-order valence-electron chi connectivity index (χ3n) is 2.99. The van der Waals surface area contributed by atoms with E-state index in [1.54, 1.807) is 6.07 Å². The molecule has 8 nitrogen and oxygen atoms in total. The molecule has 0 bridgehead atoms. The molecule has 0 amide bonds. The summed E-state index contributed by atoms with van der Waals surface area (Å²) in [6.07, 6.45) is 0. The molecular formula is C14H15ClN4O4S2. The Balaban J connectivity index is 2.37. The zero-order chi connectivity index (χ0) is 18.7. The molecule has 2 aromatic rings. The third kappa shape index (κ3) is 4.92. The van der Waals surface area contributed by atoms with Gasteiger partial charge in [-0.3, -0.25) is 4.72 Å². The van der Waals surface area contributed by atoms with Crippen LogP contribution in [0.1, 0.15) is 0 Å². The van der Waals surface area contributed by atoms with Gasteiger partial charge in [0.1, 0.15) is 10.7 Å². The van der Waals surface area contributed by atoms with Crippen molar-refractivity contribution in [1.82, 2.24) is 0 Å². The van der Waals surface area contributed by atoms with E-state index in [1.165, 1.54) is 42.5 Å². The van der Waals surface area contributed by atoms with Crippen LogP contribution in [0.2, 0.25) is 0 Å². The minimum Gasteiger partial charge on any atom is -0.386 e. The Morgan fingerprint density at radius 1 is 1.04 bits per heavy atom. The summed E-state index contributed by atoms with van der Waals surface area (Å²) in [5.74, 6) is 0.0263. The van der Waals surface area contributed by atoms with Gasteiger partial charge in [0.05, 0.1) is 16.5 Å². The van der Waals surface area contributed by atoms with Gasteiger partial charge in [-0.15, -0.1) is 11.6 Å². The van der Waals surface area contributed by atoms with Gasteiger partial charge in [-0.1, -0.05) is 12.1 Å². The Hall–Kier alpha value is -2.14. The number of sulfonamides is 2. The number of primary sulfonamides is 1. The largest absolute Gasteiger partial charge is 0.386 e. The molecule has 0 unspecified atom stereocenters. The van der Waals surface area contributed by atoms with Gasteiger partial charge >= 0.3 is 0 Å². The van der Waals surface area contributed by atoms with Crippen molar-refractivity contribution in [2.45, 2.75) is 9.79 Å². The van der Waals surface area contributed by atoms with Crippen LogP contribution < -0.4 is 15.6 Å². The van der Waals surface area contributed by atoms with E-state index in [-0.39, 0.29) is 32.9 Å². The van der Waals surface area contributed by atoms with E-state index in [0.717, 1.165) is 0 Å². The summed E-state index contributed by atoms with van der Waals surface area (Å²) in [6.45, 7) is 0. The molecular weight excluding hydrogens is 388 g/mol. The Morgan fingerprint density at radius 3 is 2.20 bits per heavy atom. The van der Waals surface area contributed by atoms with Crippen molar-refractivity contribution in [2.75, 3.05) is 10.6 Å². The number of benzene rings is 2. The fourth-order valence-electron chi connectivity index (χ4n) is 1.88. The van der Waals surface area contributed by atoms with E-state index in [1.807, 2.05) is 0 Å². The van der Waals surface area contributed by atoms with Crippen molar-refractivity contribution in [3.8, 4) is 0 Å². The van der Waals surface area contributed by atoms with E-state index < -0.39 is 20.0 Å². The van der Waals surface area contributed by atoms with E-state index in [4.69, 9.17) is 22.5 Å². The summed E-state index contributed by atoms with van der Waals surface area (Å²) >= 11 is 5.57. The first kappa shape index (κ1) is 19.2. The number of rotatable bonds is 6. The quantitative estimate of drug-likeness (QED) is 0.379. The van der Waals surface area contributed by atoms with E-state index >= 15 is 0 Å². The first-order chi connectivity index (χ1) is 11.6. The van der Waals surface area contributed by atoms with Crippen LogP contribution in [0.4, 0.5) is 11.4 Å². The average molecular weight is 403 g/mol. The second-order valence-electron chi connectivity index (χ2n) is 4.88. The fraction of sp³-hybridized carbons (Fsp3) is 0.0714. The van der Waals surface area contributed by atoms with Gasteiger partial charge in [0.15, 0.2) is 0 Å². The summed E-state index contributed by atoms with van der Waals surface area (Å²) < 4.78 is 49.9. The van der Waals surface area contributed by atoms with Crippen LogP contribution in [0, 0.1) is 0 Å². The molecule has 0 spiro atoms. The van der Waals surface area contributed by atoms with Crippen LogP contribution in [-0.2, 0) is 20.0 Å². The predicted octanol–water partition coefficient (Wildman–Crippen LogP) is 1.36. The molecule has 0 aromatic heterocycles. The van der Waals surface area contributed by atoms with Crippen LogP contribution >= 0.6 is 11.6 Å². The van der Waals surface area contributed by atoms with Crippen molar-refractivity contribution < 1.29 is 16.8 Å². The maximum Gasteiger partial charge on any atom is 0.264 e. The monoisotopic (exact) mass is 402 g/mol. The molecule has 11 heteroatoms. The molecule has 0 radical (unpaired) electrons. The maximum atomic E-state index is 12.6. The molecule has 0 atom stereocenters. The maximum absolute atomic E-state index is 12.6. The number of nitrogens with two attached hydrogens (primary N) is 2. The Kier molecular flexibility index (Phi) is 5.68. The van der Waals surface area contributed by atoms with Gasteiger partial charge in [-0.2, -0.15) is 0 Å². The average Bonchev–Trinajstić information content (AvgIpc) is 2.54. The molecule has 0 heterocycles. The lowest BCUT2D eigenvalue weighted by atomic mass is 10.3. The Bertz CT molecular complexity index is 1000. The molecule has 0 saturated carbocycles. The first-order valence-corrected chi connectivity index (χ1v) is 10.3. The summed E-state index contributed by atoms with van der Waals surface area (Å²) in [5, 5.41) is 5.00. The SMILES string of the molecule is NC(CCl)=Nc1ccccc1S(=O)(=O)Nc1ccc(S(N)(=O)=O)cc1. The lowest BCUT2D eigenvalue weighted by Gasteiger charge is -2.11. The second kappa shape index (κ2) is 7.40. The molecule has 0 aliphatic rings. The third-order valence-corrected chi connectivity index (χ3v) is 5.62. The van der Waals surface area contributed by atoms with Crippen molar-refractivity contribution >= 4 is 48.9 Å². The van der Waals surface area contributed by atoms with Gasteiger partial charge in [-0.25, -0.2) is 27.0 Å². The molecule has 5 N–H and O–H groups in total.